The number of hydrogen-bond donors (Lipinski definition) is 4. The highest BCUT2D eigenvalue weighted by molar-refractivity contribution is 7.91. The molecule has 0 aliphatic rings. The van der Waals surface area contributed by atoms with Gasteiger partial charge in [0.2, 0.25) is 9.84 Å². The molecule has 4 aromatic carbocycles. The van der Waals surface area contributed by atoms with Gasteiger partial charge in [0.1, 0.15) is 20.2 Å². The molecule has 6 N–H and O–H groups in total. The van der Waals surface area contributed by atoms with Gasteiger partial charge in [0.15, 0.2) is 0 Å². The lowest BCUT2D eigenvalue weighted by molar-refractivity contribution is 0.461. The van der Waals surface area contributed by atoms with E-state index in [2.05, 4.69) is 10.6 Å². The van der Waals surface area contributed by atoms with Crippen LogP contribution in [0.5, 0.6) is 0 Å². The molecule has 15 heteroatoms. The third-order valence-electron chi connectivity index (χ3n) is 5.47. The van der Waals surface area contributed by atoms with E-state index in [4.69, 9.17) is 11.5 Å². The van der Waals surface area contributed by atoms with Crippen LogP contribution in [0, 0.1) is 0 Å². The molecule has 0 saturated carbocycles. The van der Waals surface area contributed by atoms with Gasteiger partial charge in [0.25, 0.3) is 0 Å². The van der Waals surface area contributed by atoms with Gasteiger partial charge < -0.3 is 31.2 Å². The van der Waals surface area contributed by atoms with E-state index in [1.54, 1.807) is 0 Å². The number of sulfone groups is 1. The number of nitrogens with two attached hydrogens (primary N) is 2. The molecule has 0 fully saturated rings. The summed E-state index contributed by atoms with van der Waals surface area (Å²) in [4.78, 5) is -1.17. The fraction of sp³-hybridized carbons (Fsp3) is 0. The highest BCUT2D eigenvalue weighted by Crippen LogP contribution is 2.32. The first-order valence-corrected chi connectivity index (χ1v) is 15.1. The molecule has 0 saturated heterocycles. The summed E-state index contributed by atoms with van der Waals surface area (Å²) in [5.74, 6) is 0. The molecule has 0 unspecified atom stereocenters. The standard InChI is InChI=1S/C24H22N4O8S3/c25-21-13-17(7-9-23(21)27-15-3-1-5-19(11-15)38(31,32)33)37(29,30)18-8-10-24(22(26)14-18)28-16-4-2-6-20(12-16)39(34,35)36/h1-14,27-28H,25-26H2,(H,31,32,33)(H,34,35,36)/p-2. The van der Waals surface area contributed by atoms with Crippen molar-refractivity contribution in [3.8, 4) is 0 Å². The molecule has 0 aliphatic carbocycles. The zero-order chi connectivity index (χ0) is 28.6. The van der Waals surface area contributed by atoms with Crippen LogP contribution in [0.25, 0.3) is 0 Å². The molecule has 39 heavy (non-hydrogen) atoms. The Bertz CT molecular complexity index is 1780. The zero-order valence-corrected chi connectivity index (χ0v) is 22.2. The molecular weight excluding hydrogens is 568 g/mol. The van der Waals surface area contributed by atoms with Crippen LogP contribution in [0.3, 0.4) is 0 Å². The number of rotatable bonds is 8. The Hall–Kier alpha value is -4.15. The fourth-order valence-electron chi connectivity index (χ4n) is 3.55. The largest absolute Gasteiger partial charge is 0.744 e. The van der Waals surface area contributed by atoms with Gasteiger partial charge in [0.05, 0.1) is 42.3 Å². The third-order valence-corrected chi connectivity index (χ3v) is 8.88. The van der Waals surface area contributed by atoms with Crippen LogP contribution < -0.4 is 22.1 Å². The average molecular weight is 589 g/mol. The van der Waals surface area contributed by atoms with Gasteiger partial charge in [-0.2, -0.15) is 0 Å². The molecule has 4 rings (SSSR count). The van der Waals surface area contributed by atoms with Crippen molar-refractivity contribution in [2.24, 2.45) is 0 Å². The normalized spacial score (nSPS) is 12.2. The van der Waals surface area contributed by atoms with E-state index < -0.39 is 39.9 Å². The summed E-state index contributed by atoms with van der Waals surface area (Å²) in [5.41, 5.74) is 13.2. The van der Waals surface area contributed by atoms with Gasteiger partial charge in [-0.05, 0) is 72.8 Å². The predicted molar refractivity (Wildman–Crippen MR) is 143 cm³/mol. The SMILES string of the molecule is Nc1cc(S(=O)(=O)c2ccc(Nc3cccc(S(=O)(=O)[O-])c3)c(N)c2)ccc1Nc1cccc(S(=O)(=O)[O-])c1. The molecule has 12 nitrogen and oxygen atoms in total. The minimum absolute atomic E-state index is 0.0333. The van der Waals surface area contributed by atoms with Gasteiger partial charge in [-0.1, -0.05) is 12.1 Å². The molecule has 0 heterocycles. The number of hydrogen-bond acceptors (Lipinski definition) is 12. The van der Waals surface area contributed by atoms with Crippen molar-refractivity contribution in [2.75, 3.05) is 22.1 Å². The summed E-state index contributed by atoms with van der Waals surface area (Å²) < 4.78 is 94.0. The zero-order valence-electron chi connectivity index (χ0n) is 19.7. The monoisotopic (exact) mass is 588 g/mol. The molecule has 0 radical (unpaired) electrons. The molecule has 0 aliphatic heterocycles. The maximum atomic E-state index is 13.2. The Morgan fingerprint density at radius 2 is 0.897 bits per heavy atom. The number of anilines is 6. The summed E-state index contributed by atoms with van der Waals surface area (Å²) >= 11 is 0. The summed E-state index contributed by atoms with van der Waals surface area (Å²) in [6.07, 6.45) is 0. The minimum Gasteiger partial charge on any atom is -0.744 e. The topological polar surface area (TPSA) is 225 Å². The lowest BCUT2D eigenvalue weighted by Gasteiger charge is -2.15. The smallest absolute Gasteiger partial charge is 0.206 e. The van der Waals surface area contributed by atoms with Crippen LogP contribution in [0.4, 0.5) is 34.1 Å². The Morgan fingerprint density at radius 3 is 1.23 bits per heavy atom. The van der Waals surface area contributed by atoms with Crippen LogP contribution >= 0.6 is 0 Å². The van der Waals surface area contributed by atoms with Crippen LogP contribution in [-0.2, 0) is 30.1 Å². The first-order valence-electron chi connectivity index (χ1n) is 10.8. The molecule has 0 aromatic heterocycles. The molecule has 0 amide bonds. The molecule has 0 atom stereocenters. The summed E-state index contributed by atoms with van der Waals surface area (Å²) in [5, 5.41) is 5.69. The highest BCUT2D eigenvalue weighted by atomic mass is 32.2. The van der Waals surface area contributed by atoms with Crippen LogP contribution in [0.2, 0.25) is 0 Å². The Balaban J connectivity index is 1.58. The van der Waals surface area contributed by atoms with Crippen molar-refractivity contribution in [2.45, 2.75) is 19.6 Å². The van der Waals surface area contributed by atoms with Crippen molar-refractivity contribution >= 4 is 64.2 Å². The Kier molecular flexibility index (Phi) is 7.29. The summed E-state index contributed by atoms with van der Waals surface area (Å²) in [7, 11) is -13.4. The van der Waals surface area contributed by atoms with Crippen molar-refractivity contribution < 1.29 is 34.4 Å². The first-order chi connectivity index (χ1) is 18.1. The quantitative estimate of drug-likeness (QED) is 0.172. The minimum atomic E-state index is -4.67. The first kappa shape index (κ1) is 27.9. The van der Waals surface area contributed by atoms with Gasteiger partial charge in [-0.25, -0.2) is 25.3 Å². The van der Waals surface area contributed by atoms with Crippen molar-refractivity contribution in [3.05, 3.63) is 84.9 Å². The maximum Gasteiger partial charge on any atom is 0.206 e. The highest BCUT2D eigenvalue weighted by Gasteiger charge is 2.20. The fourth-order valence-corrected chi connectivity index (χ4v) is 5.91. The van der Waals surface area contributed by atoms with Gasteiger partial charge >= 0.3 is 0 Å². The van der Waals surface area contributed by atoms with Gasteiger partial charge in [0, 0.05) is 11.4 Å². The van der Waals surface area contributed by atoms with E-state index in [9.17, 15) is 34.4 Å². The maximum absolute atomic E-state index is 13.2. The Morgan fingerprint density at radius 1 is 0.513 bits per heavy atom. The van der Waals surface area contributed by atoms with E-state index in [0.717, 1.165) is 24.3 Å². The molecule has 0 spiro atoms. The van der Waals surface area contributed by atoms with E-state index in [1.165, 1.54) is 60.7 Å². The number of nitrogen functional groups attached to an aromatic ring is 2. The second-order valence-electron chi connectivity index (χ2n) is 8.22. The Labute approximate surface area is 224 Å². The molecule has 204 valence electrons. The van der Waals surface area contributed by atoms with Crippen LogP contribution in [0.15, 0.2) is 105 Å². The number of benzene rings is 4. The molecule has 4 aromatic rings. The molecule has 0 bridgehead atoms. The molecular formula is C24H20N4O8S3-2. The van der Waals surface area contributed by atoms with Gasteiger partial charge in [-0.3, -0.25) is 0 Å². The van der Waals surface area contributed by atoms with E-state index >= 15 is 0 Å². The predicted octanol–water partition coefficient (Wildman–Crippen LogP) is 2.98. The second kappa shape index (κ2) is 10.2. The second-order valence-corrected chi connectivity index (χ2v) is 12.9. The van der Waals surface area contributed by atoms with E-state index in [0.29, 0.717) is 0 Å². The lowest BCUT2D eigenvalue weighted by atomic mass is 10.2. The van der Waals surface area contributed by atoms with E-state index in [1.807, 2.05) is 0 Å². The van der Waals surface area contributed by atoms with Gasteiger partial charge in [-0.15, -0.1) is 0 Å². The van der Waals surface area contributed by atoms with Crippen molar-refractivity contribution in [3.63, 3.8) is 0 Å². The lowest BCUT2D eigenvalue weighted by Crippen LogP contribution is -2.06. The van der Waals surface area contributed by atoms with Crippen molar-refractivity contribution in [1.29, 1.82) is 0 Å². The summed E-state index contributed by atoms with van der Waals surface area (Å²) in [6, 6.07) is 18.1. The van der Waals surface area contributed by atoms with Crippen molar-refractivity contribution in [1.82, 2.24) is 0 Å². The number of nitrogens with one attached hydrogen (secondary N) is 2. The average Bonchev–Trinajstić information content (AvgIpc) is 2.86. The summed E-state index contributed by atoms with van der Waals surface area (Å²) in [6.45, 7) is 0. The van der Waals surface area contributed by atoms with E-state index in [-0.39, 0.29) is 43.9 Å². The third kappa shape index (κ3) is 6.30. The van der Waals surface area contributed by atoms with Crippen LogP contribution in [-0.4, -0.2) is 34.4 Å². The van der Waals surface area contributed by atoms with Crippen LogP contribution in [0.1, 0.15) is 0 Å².